The lowest BCUT2D eigenvalue weighted by molar-refractivity contribution is -0.274. The van der Waals surface area contributed by atoms with E-state index in [9.17, 15) is 23.1 Å². The molecule has 7 nitrogen and oxygen atoms in total. The molecule has 36 heavy (non-hydrogen) atoms. The first-order valence-corrected chi connectivity index (χ1v) is 11.6. The van der Waals surface area contributed by atoms with E-state index in [1.54, 1.807) is 6.07 Å². The van der Waals surface area contributed by atoms with Gasteiger partial charge in [0, 0.05) is 23.4 Å². The van der Waals surface area contributed by atoms with Crippen LogP contribution in [0.5, 0.6) is 5.75 Å². The molecule has 2 aromatic carbocycles. The molecule has 5 rings (SSSR count). The molecule has 0 radical (unpaired) electrons. The Labute approximate surface area is 203 Å². The van der Waals surface area contributed by atoms with E-state index < -0.39 is 18.0 Å². The third kappa shape index (κ3) is 5.03. The van der Waals surface area contributed by atoms with E-state index in [-0.39, 0.29) is 29.0 Å². The molecular weight excluding hydrogens is 473 g/mol. The third-order valence-corrected chi connectivity index (χ3v) is 6.27. The van der Waals surface area contributed by atoms with Gasteiger partial charge in [-0.25, -0.2) is 0 Å². The summed E-state index contributed by atoms with van der Waals surface area (Å²) in [4.78, 5) is 24.9. The highest BCUT2D eigenvalue weighted by Gasteiger charge is 2.32. The Balaban J connectivity index is 1.53. The van der Waals surface area contributed by atoms with E-state index in [0.29, 0.717) is 18.5 Å². The number of H-pyrrole nitrogens is 1. The molecule has 4 aromatic rings. The Morgan fingerprint density at radius 1 is 1.06 bits per heavy atom. The monoisotopic (exact) mass is 496 g/mol. The second kappa shape index (κ2) is 9.62. The number of ether oxygens (including phenoxy) is 1. The molecule has 1 amide bonds. The highest BCUT2D eigenvalue weighted by molar-refractivity contribution is 5.96. The summed E-state index contributed by atoms with van der Waals surface area (Å²) in [6.07, 6.45) is -1.01. The Morgan fingerprint density at radius 3 is 2.56 bits per heavy atom. The van der Waals surface area contributed by atoms with Gasteiger partial charge < -0.3 is 19.4 Å². The Morgan fingerprint density at radius 2 is 1.78 bits per heavy atom. The number of imidazole rings is 1. The number of carbonyl (C=O) groups is 1. The molecule has 0 unspecified atom stereocenters. The largest absolute Gasteiger partial charge is 0.573 e. The smallest absolute Gasteiger partial charge is 0.405 e. The van der Waals surface area contributed by atoms with Crippen molar-refractivity contribution in [3.05, 3.63) is 78.0 Å². The predicted octanol–water partition coefficient (Wildman–Crippen LogP) is 5.15. The van der Waals surface area contributed by atoms with Crippen LogP contribution in [0.4, 0.5) is 13.2 Å². The lowest BCUT2D eigenvalue weighted by Gasteiger charge is -2.27. The van der Waals surface area contributed by atoms with Crippen LogP contribution in [0.2, 0.25) is 0 Å². The molecule has 1 aliphatic carbocycles. The maximum Gasteiger partial charge on any atom is 0.573 e. The number of rotatable bonds is 4. The third-order valence-electron chi connectivity index (χ3n) is 6.27. The van der Waals surface area contributed by atoms with Gasteiger partial charge in [0.1, 0.15) is 5.75 Å². The van der Waals surface area contributed by atoms with E-state index in [1.165, 1.54) is 36.5 Å². The van der Waals surface area contributed by atoms with Gasteiger partial charge in [-0.2, -0.15) is 4.99 Å². The molecule has 0 atom stereocenters. The van der Waals surface area contributed by atoms with Gasteiger partial charge in [0.25, 0.3) is 5.91 Å². The van der Waals surface area contributed by atoms with Crippen LogP contribution in [-0.2, 0) is 0 Å². The summed E-state index contributed by atoms with van der Waals surface area (Å²) in [5.74, 6) is -0.976. The van der Waals surface area contributed by atoms with Crippen molar-refractivity contribution in [1.29, 1.82) is 0 Å². The van der Waals surface area contributed by atoms with Crippen LogP contribution in [0.15, 0.2) is 71.9 Å². The molecule has 1 fully saturated rings. The van der Waals surface area contributed by atoms with Gasteiger partial charge in [-0.15, -0.1) is 13.2 Å². The van der Waals surface area contributed by atoms with Crippen LogP contribution in [0.25, 0.3) is 22.3 Å². The van der Waals surface area contributed by atoms with Crippen LogP contribution >= 0.6 is 0 Å². The number of alkyl halides is 3. The second-order valence-electron chi connectivity index (χ2n) is 8.69. The fraction of sp³-hybridized carbons (Fsp3) is 0.269. The standard InChI is InChI=1S/C26H23F3N4O3/c27-26(28,29)36-23-8-4-1-5-19(23)21-15-16(13-14-30-21)24(35)32-25-31-20-6-2-3-7-22(20)33(25)17-9-11-18(34)12-10-17/h1-8,13-15,17-18,34H,9-12H2,(H,31,32,35)/t17-,18+. The minimum atomic E-state index is -4.86. The molecule has 0 saturated heterocycles. The number of fused-ring (bicyclic) bond motifs is 1. The topological polar surface area (TPSA) is 92.5 Å². The van der Waals surface area contributed by atoms with Gasteiger partial charge in [0.05, 0.1) is 22.8 Å². The van der Waals surface area contributed by atoms with E-state index in [0.717, 1.165) is 23.9 Å². The molecule has 1 saturated carbocycles. The maximum atomic E-state index is 13.2. The number of hydrogen-bond donors (Lipinski definition) is 2. The van der Waals surface area contributed by atoms with Crippen molar-refractivity contribution in [2.75, 3.05) is 0 Å². The van der Waals surface area contributed by atoms with Crippen LogP contribution in [0.3, 0.4) is 0 Å². The number of nitrogens with one attached hydrogen (secondary N) is 1. The van der Waals surface area contributed by atoms with Crippen LogP contribution in [0.1, 0.15) is 42.1 Å². The zero-order valence-electron chi connectivity index (χ0n) is 19.1. The zero-order chi connectivity index (χ0) is 25.3. The minimum Gasteiger partial charge on any atom is -0.405 e. The summed E-state index contributed by atoms with van der Waals surface area (Å²) in [5, 5.41) is 9.93. The molecule has 10 heteroatoms. The fourth-order valence-electron chi connectivity index (χ4n) is 4.62. The number of hydrogen-bond acceptors (Lipinski definition) is 4. The van der Waals surface area contributed by atoms with Gasteiger partial charge in [0.15, 0.2) is 0 Å². The summed E-state index contributed by atoms with van der Waals surface area (Å²) >= 11 is 0. The van der Waals surface area contributed by atoms with Crippen molar-refractivity contribution in [2.45, 2.75) is 44.2 Å². The zero-order valence-corrected chi connectivity index (χ0v) is 19.1. The lowest BCUT2D eigenvalue weighted by Crippen LogP contribution is -2.29. The predicted molar refractivity (Wildman–Crippen MR) is 126 cm³/mol. The van der Waals surface area contributed by atoms with Crippen molar-refractivity contribution in [1.82, 2.24) is 14.5 Å². The van der Waals surface area contributed by atoms with Gasteiger partial charge in [0.2, 0.25) is 5.62 Å². The molecule has 0 bridgehead atoms. The number of nitrogens with zero attached hydrogens (tertiary/aromatic N) is 3. The van der Waals surface area contributed by atoms with Crippen molar-refractivity contribution in [2.24, 2.45) is 4.99 Å². The molecule has 2 N–H and O–H groups in total. The number of halogens is 3. The highest BCUT2D eigenvalue weighted by atomic mass is 19.4. The molecule has 0 spiro atoms. The van der Waals surface area contributed by atoms with Crippen molar-refractivity contribution in [3.63, 3.8) is 0 Å². The highest BCUT2D eigenvalue weighted by Crippen LogP contribution is 2.33. The first-order valence-electron chi connectivity index (χ1n) is 11.6. The molecule has 186 valence electrons. The summed E-state index contributed by atoms with van der Waals surface area (Å²) in [7, 11) is 0. The van der Waals surface area contributed by atoms with Crippen molar-refractivity contribution in [3.8, 4) is 17.0 Å². The number of aromatic nitrogens is 3. The Hall–Kier alpha value is -3.92. The number of para-hydroxylation sites is 3. The molecule has 0 aliphatic heterocycles. The fourth-order valence-corrected chi connectivity index (χ4v) is 4.62. The van der Waals surface area contributed by atoms with Gasteiger partial charge in [-0.3, -0.25) is 9.78 Å². The van der Waals surface area contributed by atoms with Crippen LogP contribution < -0.4 is 10.4 Å². The number of aliphatic hydroxyl groups is 1. The Kier molecular flexibility index (Phi) is 6.36. The Bertz CT molecular complexity index is 1470. The molecular formula is C26H23F3N4O3. The van der Waals surface area contributed by atoms with Crippen molar-refractivity contribution < 1.29 is 27.8 Å². The molecule has 1 aliphatic rings. The van der Waals surface area contributed by atoms with E-state index >= 15 is 0 Å². The summed E-state index contributed by atoms with van der Waals surface area (Å²) < 4.78 is 44.7. The van der Waals surface area contributed by atoms with E-state index in [2.05, 4.69) is 19.7 Å². The average Bonchev–Trinajstić information content (AvgIpc) is 3.22. The number of aliphatic hydroxyl groups excluding tert-OH is 1. The SMILES string of the molecule is O=C(/N=c1\[nH]c2ccccc2n1[C@H]1CC[C@@H](O)CC1)c1ccnc(-c2ccccc2OC(F)(F)F)c1. The molecule has 2 heterocycles. The first kappa shape index (κ1) is 23.8. The van der Waals surface area contributed by atoms with E-state index in [4.69, 9.17) is 0 Å². The van der Waals surface area contributed by atoms with Crippen LogP contribution in [0, 0.1) is 0 Å². The summed E-state index contributed by atoms with van der Waals surface area (Å²) in [5.41, 5.74) is 2.53. The van der Waals surface area contributed by atoms with Gasteiger partial charge in [-0.1, -0.05) is 24.3 Å². The quantitative estimate of drug-likeness (QED) is 0.409. The number of aromatic amines is 1. The van der Waals surface area contributed by atoms with Gasteiger partial charge in [-0.05, 0) is 62.1 Å². The normalized spacial score (nSPS) is 18.9. The number of benzene rings is 2. The van der Waals surface area contributed by atoms with Crippen molar-refractivity contribution >= 4 is 16.9 Å². The number of amides is 1. The minimum absolute atomic E-state index is 0.0653. The summed E-state index contributed by atoms with van der Waals surface area (Å²) in [6, 6.07) is 16.2. The second-order valence-corrected chi connectivity index (χ2v) is 8.69. The molecule has 2 aromatic heterocycles. The lowest BCUT2D eigenvalue weighted by atomic mass is 9.93. The van der Waals surface area contributed by atoms with Crippen LogP contribution in [-0.4, -0.2) is 38.0 Å². The summed E-state index contributed by atoms with van der Waals surface area (Å²) in [6.45, 7) is 0. The van der Waals surface area contributed by atoms with Gasteiger partial charge >= 0.3 is 6.36 Å². The maximum absolute atomic E-state index is 13.2. The number of carbonyl (C=O) groups excluding carboxylic acids is 1. The number of pyridine rings is 1. The van der Waals surface area contributed by atoms with E-state index in [1.807, 2.05) is 28.8 Å². The first-order chi connectivity index (χ1) is 17.3. The average molecular weight is 496 g/mol.